The molecule has 1 aliphatic rings. The van der Waals surface area contributed by atoms with Gasteiger partial charge >= 0.3 is 0 Å². The molecule has 1 N–H and O–H groups in total. The number of hydrogen-bond donors (Lipinski definition) is 1. The Hall–Kier alpha value is -1.55. The van der Waals surface area contributed by atoms with Crippen molar-refractivity contribution in [2.24, 2.45) is 5.92 Å². The van der Waals surface area contributed by atoms with Gasteiger partial charge in [-0.3, -0.25) is 4.79 Å². The Labute approximate surface area is 127 Å². The number of nitrogens with zero attached hydrogens (tertiary/aromatic N) is 1. The molecular formula is C17H26N2O2. The first-order chi connectivity index (χ1) is 10.2. The number of piperidine rings is 1. The summed E-state index contributed by atoms with van der Waals surface area (Å²) >= 11 is 0. The summed E-state index contributed by atoms with van der Waals surface area (Å²) < 4.78 is 5.17. The molecule has 0 radical (unpaired) electrons. The van der Waals surface area contributed by atoms with Crippen LogP contribution in [0.15, 0.2) is 24.3 Å². The zero-order valence-electron chi connectivity index (χ0n) is 13.1. The third kappa shape index (κ3) is 5.38. The molecule has 1 heterocycles. The lowest BCUT2D eigenvalue weighted by Gasteiger charge is -2.30. The Bertz CT molecular complexity index is 454. The standard InChI is InChI=1S/C17H26N2O2/c1-14-6-9-19(10-7-14)11-8-18-17(20)13-15-4-3-5-16(12-15)21-2/h3-5,12,14H,6-11,13H2,1-2H3,(H,18,20). The van der Waals surface area contributed by atoms with Gasteiger partial charge in [-0.25, -0.2) is 0 Å². The van der Waals surface area contributed by atoms with Gasteiger partial charge in [-0.15, -0.1) is 0 Å². The molecule has 1 amide bonds. The summed E-state index contributed by atoms with van der Waals surface area (Å²) in [6.45, 7) is 6.32. The van der Waals surface area contributed by atoms with Gasteiger partial charge in [0, 0.05) is 13.1 Å². The van der Waals surface area contributed by atoms with Crippen molar-refractivity contribution in [1.29, 1.82) is 0 Å². The van der Waals surface area contributed by atoms with E-state index in [0.29, 0.717) is 6.42 Å². The van der Waals surface area contributed by atoms with Crippen molar-refractivity contribution in [1.82, 2.24) is 10.2 Å². The first-order valence-electron chi connectivity index (χ1n) is 7.79. The maximum Gasteiger partial charge on any atom is 0.224 e. The van der Waals surface area contributed by atoms with Gasteiger partial charge in [0.25, 0.3) is 0 Å². The van der Waals surface area contributed by atoms with Gasteiger partial charge in [-0.05, 0) is 49.5 Å². The molecule has 0 aliphatic carbocycles. The number of hydrogen-bond acceptors (Lipinski definition) is 3. The SMILES string of the molecule is COc1cccc(CC(=O)NCCN2CCC(C)CC2)c1. The van der Waals surface area contributed by atoms with Crippen molar-refractivity contribution in [2.45, 2.75) is 26.2 Å². The quantitative estimate of drug-likeness (QED) is 0.872. The van der Waals surface area contributed by atoms with Crippen molar-refractivity contribution in [2.75, 3.05) is 33.3 Å². The van der Waals surface area contributed by atoms with Crippen LogP contribution in [0.3, 0.4) is 0 Å². The number of benzene rings is 1. The number of likely N-dealkylation sites (tertiary alicyclic amines) is 1. The van der Waals surface area contributed by atoms with E-state index in [9.17, 15) is 4.79 Å². The number of amides is 1. The number of nitrogens with one attached hydrogen (secondary N) is 1. The molecule has 1 aromatic carbocycles. The Morgan fingerprint density at radius 3 is 2.86 bits per heavy atom. The maximum atomic E-state index is 11.9. The molecule has 0 atom stereocenters. The molecule has 4 heteroatoms. The Morgan fingerprint density at radius 1 is 1.38 bits per heavy atom. The lowest BCUT2D eigenvalue weighted by atomic mass is 9.99. The van der Waals surface area contributed by atoms with Gasteiger partial charge in [0.1, 0.15) is 5.75 Å². The summed E-state index contributed by atoms with van der Waals surface area (Å²) in [5.74, 6) is 1.72. The fourth-order valence-electron chi connectivity index (χ4n) is 2.67. The van der Waals surface area contributed by atoms with E-state index in [2.05, 4.69) is 17.1 Å². The van der Waals surface area contributed by atoms with E-state index in [0.717, 1.165) is 43.4 Å². The average molecular weight is 290 g/mol. The van der Waals surface area contributed by atoms with E-state index in [1.807, 2.05) is 24.3 Å². The lowest BCUT2D eigenvalue weighted by Crippen LogP contribution is -2.39. The number of rotatable bonds is 6. The normalized spacial score (nSPS) is 16.7. The summed E-state index contributed by atoms with van der Waals surface area (Å²) in [4.78, 5) is 14.4. The Kier molecular flexibility index (Phi) is 6.05. The molecule has 1 fully saturated rings. The molecule has 1 aliphatic heterocycles. The van der Waals surface area contributed by atoms with Crippen LogP contribution in [0, 0.1) is 5.92 Å². The molecule has 2 rings (SSSR count). The van der Waals surface area contributed by atoms with Crippen molar-refractivity contribution >= 4 is 5.91 Å². The van der Waals surface area contributed by atoms with Gasteiger partial charge in [0.15, 0.2) is 0 Å². The van der Waals surface area contributed by atoms with E-state index in [4.69, 9.17) is 4.74 Å². The number of carbonyl (C=O) groups is 1. The second-order valence-electron chi connectivity index (χ2n) is 5.90. The van der Waals surface area contributed by atoms with E-state index in [1.165, 1.54) is 12.8 Å². The third-order valence-electron chi connectivity index (χ3n) is 4.13. The Morgan fingerprint density at radius 2 is 2.14 bits per heavy atom. The van der Waals surface area contributed by atoms with Crippen LogP contribution < -0.4 is 10.1 Å². The molecule has 4 nitrogen and oxygen atoms in total. The summed E-state index contributed by atoms with van der Waals surface area (Å²) in [5.41, 5.74) is 0.985. The van der Waals surface area contributed by atoms with Crippen LogP contribution in [0.5, 0.6) is 5.75 Å². The van der Waals surface area contributed by atoms with E-state index in [1.54, 1.807) is 7.11 Å². The highest BCUT2D eigenvalue weighted by atomic mass is 16.5. The van der Waals surface area contributed by atoms with Gasteiger partial charge in [0.2, 0.25) is 5.91 Å². The maximum absolute atomic E-state index is 11.9. The average Bonchev–Trinajstić information content (AvgIpc) is 2.49. The molecule has 1 aromatic rings. The monoisotopic (exact) mass is 290 g/mol. The number of methoxy groups -OCH3 is 1. The number of ether oxygens (including phenoxy) is 1. The molecule has 0 unspecified atom stereocenters. The first-order valence-corrected chi connectivity index (χ1v) is 7.79. The molecule has 1 saturated heterocycles. The fraction of sp³-hybridized carbons (Fsp3) is 0.588. The summed E-state index contributed by atoms with van der Waals surface area (Å²) in [6.07, 6.45) is 2.96. The lowest BCUT2D eigenvalue weighted by molar-refractivity contribution is -0.120. The van der Waals surface area contributed by atoms with Crippen LogP contribution in [-0.2, 0) is 11.2 Å². The highest BCUT2D eigenvalue weighted by Gasteiger charge is 2.15. The van der Waals surface area contributed by atoms with Crippen molar-refractivity contribution < 1.29 is 9.53 Å². The molecule has 21 heavy (non-hydrogen) atoms. The summed E-state index contributed by atoms with van der Waals surface area (Å²) in [7, 11) is 1.64. The minimum atomic E-state index is 0.0774. The van der Waals surface area contributed by atoms with Gasteiger partial charge in [0.05, 0.1) is 13.5 Å². The molecular weight excluding hydrogens is 264 g/mol. The molecule has 0 aromatic heterocycles. The Balaban J connectivity index is 1.67. The van der Waals surface area contributed by atoms with Crippen LogP contribution in [0.25, 0.3) is 0 Å². The van der Waals surface area contributed by atoms with Crippen LogP contribution in [-0.4, -0.2) is 44.1 Å². The zero-order valence-corrected chi connectivity index (χ0v) is 13.1. The predicted molar refractivity (Wildman–Crippen MR) is 84.5 cm³/mol. The smallest absolute Gasteiger partial charge is 0.224 e. The fourth-order valence-corrected chi connectivity index (χ4v) is 2.67. The topological polar surface area (TPSA) is 41.6 Å². The van der Waals surface area contributed by atoms with Crippen LogP contribution in [0.1, 0.15) is 25.3 Å². The van der Waals surface area contributed by atoms with Gasteiger partial charge in [-0.1, -0.05) is 19.1 Å². The van der Waals surface area contributed by atoms with E-state index >= 15 is 0 Å². The summed E-state index contributed by atoms with van der Waals surface area (Å²) in [5, 5.41) is 3.01. The molecule has 116 valence electrons. The van der Waals surface area contributed by atoms with Gasteiger partial charge < -0.3 is 15.0 Å². The molecule has 0 bridgehead atoms. The second kappa shape index (κ2) is 8.03. The van der Waals surface area contributed by atoms with Crippen molar-refractivity contribution in [3.05, 3.63) is 29.8 Å². The predicted octanol–water partition coefficient (Wildman–Crippen LogP) is 2.09. The van der Waals surface area contributed by atoms with Crippen LogP contribution in [0.2, 0.25) is 0 Å². The first kappa shape index (κ1) is 15.8. The minimum Gasteiger partial charge on any atom is -0.497 e. The minimum absolute atomic E-state index is 0.0774. The zero-order chi connectivity index (χ0) is 15.1. The van der Waals surface area contributed by atoms with E-state index < -0.39 is 0 Å². The molecule has 0 spiro atoms. The van der Waals surface area contributed by atoms with Crippen LogP contribution in [0.4, 0.5) is 0 Å². The molecule has 0 saturated carbocycles. The summed E-state index contributed by atoms with van der Waals surface area (Å²) in [6, 6.07) is 7.66. The van der Waals surface area contributed by atoms with Gasteiger partial charge in [-0.2, -0.15) is 0 Å². The largest absolute Gasteiger partial charge is 0.497 e. The van der Waals surface area contributed by atoms with E-state index in [-0.39, 0.29) is 5.91 Å². The highest BCUT2D eigenvalue weighted by Crippen LogP contribution is 2.15. The third-order valence-corrected chi connectivity index (χ3v) is 4.13. The second-order valence-corrected chi connectivity index (χ2v) is 5.90. The highest BCUT2D eigenvalue weighted by molar-refractivity contribution is 5.78. The van der Waals surface area contributed by atoms with Crippen molar-refractivity contribution in [3.8, 4) is 5.75 Å². The van der Waals surface area contributed by atoms with Crippen molar-refractivity contribution in [3.63, 3.8) is 0 Å². The number of carbonyl (C=O) groups excluding carboxylic acids is 1. The van der Waals surface area contributed by atoms with Crippen LogP contribution >= 0.6 is 0 Å².